The van der Waals surface area contributed by atoms with Gasteiger partial charge in [-0.05, 0) is 50.1 Å². The largest absolute Gasteiger partial charge is 0.335 e. The Bertz CT molecular complexity index is 465. The first-order chi connectivity index (χ1) is 9.74. The Morgan fingerprint density at radius 1 is 1.25 bits per heavy atom. The fourth-order valence-corrected chi connectivity index (χ4v) is 4.03. The topological polar surface area (TPSA) is 32.3 Å². The Labute approximate surface area is 129 Å². The first-order valence-corrected chi connectivity index (χ1v) is 8.50. The molecule has 5 heteroatoms. The highest BCUT2D eigenvalue weighted by atomic mass is 35.5. The minimum atomic E-state index is 0.279. The summed E-state index contributed by atoms with van der Waals surface area (Å²) in [6, 6.07) is 8.54. The lowest BCUT2D eigenvalue weighted by Gasteiger charge is -2.27. The van der Waals surface area contributed by atoms with Gasteiger partial charge in [-0.25, -0.2) is 0 Å². The van der Waals surface area contributed by atoms with Crippen LogP contribution in [0.15, 0.2) is 29.2 Å². The van der Waals surface area contributed by atoms with Crippen molar-refractivity contribution in [3.63, 3.8) is 0 Å². The third-order valence-corrected chi connectivity index (χ3v) is 5.37. The number of fused-ring (bicyclic) bond motifs is 2. The Kier molecular flexibility index (Phi) is 4.54. The van der Waals surface area contributed by atoms with E-state index >= 15 is 0 Å². The van der Waals surface area contributed by atoms with Gasteiger partial charge in [-0.3, -0.25) is 4.79 Å². The monoisotopic (exact) mass is 310 g/mol. The standard InChI is InChI=1S/C15H19ClN2OS/c16-11-1-5-14(6-2-11)20-10-15(19)18-12-3-4-13(18)9-17-8-7-12/h1-2,5-6,12-13,17H,3-4,7-10H2. The molecule has 1 aromatic rings. The predicted octanol–water partition coefficient (Wildman–Crippen LogP) is 2.79. The lowest BCUT2D eigenvalue weighted by atomic mass is 10.1. The normalized spacial score (nSPS) is 25.6. The molecule has 2 aliphatic rings. The van der Waals surface area contributed by atoms with Gasteiger partial charge < -0.3 is 10.2 Å². The van der Waals surface area contributed by atoms with Gasteiger partial charge in [-0.1, -0.05) is 11.6 Å². The van der Waals surface area contributed by atoms with Crippen LogP contribution in [0.25, 0.3) is 0 Å². The van der Waals surface area contributed by atoms with Gasteiger partial charge in [0.05, 0.1) is 5.75 Å². The van der Waals surface area contributed by atoms with Gasteiger partial charge in [0.15, 0.2) is 0 Å². The zero-order valence-electron chi connectivity index (χ0n) is 11.3. The number of amides is 1. The molecule has 2 aliphatic heterocycles. The van der Waals surface area contributed by atoms with Crippen molar-refractivity contribution in [1.82, 2.24) is 10.2 Å². The second kappa shape index (κ2) is 6.37. The molecule has 0 aliphatic carbocycles. The maximum absolute atomic E-state index is 12.5. The number of thioether (sulfide) groups is 1. The third kappa shape index (κ3) is 3.13. The number of benzene rings is 1. The summed E-state index contributed by atoms with van der Waals surface area (Å²) in [5.74, 6) is 0.801. The van der Waals surface area contributed by atoms with E-state index in [1.54, 1.807) is 11.8 Å². The second-order valence-corrected chi connectivity index (χ2v) is 6.91. The highest BCUT2D eigenvalue weighted by molar-refractivity contribution is 8.00. The summed E-state index contributed by atoms with van der Waals surface area (Å²) in [6.45, 7) is 1.99. The van der Waals surface area contributed by atoms with Crippen LogP contribution in [0, 0.1) is 0 Å². The van der Waals surface area contributed by atoms with Crippen molar-refractivity contribution >= 4 is 29.3 Å². The van der Waals surface area contributed by atoms with E-state index in [-0.39, 0.29) is 5.91 Å². The van der Waals surface area contributed by atoms with Crippen molar-refractivity contribution in [2.24, 2.45) is 0 Å². The summed E-state index contributed by atoms with van der Waals surface area (Å²) in [7, 11) is 0. The van der Waals surface area contributed by atoms with Crippen LogP contribution in [0.5, 0.6) is 0 Å². The average molecular weight is 311 g/mol. The lowest BCUT2D eigenvalue weighted by molar-refractivity contribution is -0.130. The van der Waals surface area contributed by atoms with E-state index in [2.05, 4.69) is 10.2 Å². The molecule has 1 N–H and O–H groups in total. The first-order valence-electron chi connectivity index (χ1n) is 7.14. The predicted molar refractivity (Wildman–Crippen MR) is 83.3 cm³/mol. The number of halogens is 1. The lowest BCUT2D eigenvalue weighted by Crippen LogP contribution is -2.43. The van der Waals surface area contributed by atoms with Gasteiger partial charge in [-0.15, -0.1) is 11.8 Å². The molecule has 2 saturated heterocycles. The van der Waals surface area contributed by atoms with Gasteiger partial charge in [0.2, 0.25) is 5.91 Å². The zero-order chi connectivity index (χ0) is 13.9. The Morgan fingerprint density at radius 3 is 2.80 bits per heavy atom. The van der Waals surface area contributed by atoms with Crippen LogP contribution in [0.4, 0.5) is 0 Å². The number of hydrogen-bond acceptors (Lipinski definition) is 3. The molecule has 108 valence electrons. The minimum absolute atomic E-state index is 0.279. The molecule has 2 bridgehead atoms. The van der Waals surface area contributed by atoms with Gasteiger partial charge in [0.1, 0.15) is 0 Å². The quantitative estimate of drug-likeness (QED) is 0.871. The molecule has 2 fully saturated rings. The fourth-order valence-electron chi connectivity index (χ4n) is 3.14. The number of rotatable bonds is 3. The van der Waals surface area contributed by atoms with E-state index in [0.29, 0.717) is 17.8 Å². The summed E-state index contributed by atoms with van der Waals surface area (Å²) < 4.78 is 0. The molecular weight excluding hydrogens is 292 g/mol. The maximum atomic E-state index is 12.5. The molecule has 2 unspecified atom stereocenters. The summed E-state index contributed by atoms with van der Waals surface area (Å²) in [5.41, 5.74) is 0. The van der Waals surface area contributed by atoms with Crippen LogP contribution < -0.4 is 5.32 Å². The maximum Gasteiger partial charge on any atom is 0.233 e. The van der Waals surface area contributed by atoms with Crippen molar-refractivity contribution in [1.29, 1.82) is 0 Å². The molecule has 3 rings (SSSR count). The molecule has 0 aromatic heterocycles. The Balaban J connectivity index is 1.60. The molecule has 0 saturated carbocycles. The van der Waals surface area contributed by atoms with Crippen molar-refractivity contribution in [3.8, 4) is 0 Å². The first kappa shape index (κ1) is 14.2. The van der Waals surface area contributed by atoms with Crippen LogP contribution in [0.1, 0.15) is 19.3 Å². The van der Waals surface area contributed by atoms with Gasteiger partial charge in [0, 0.05) is 28.5 Å². The number of nitrogens with zero attached hydrogens (tertiary/aromatic N) is 1. The van der Waals surface area contributed by atoms with Crippen LogP contribution in [0.2, 0.25) is 5.02 Å². The molecule has 1 aromatic carbocycles. The molecular formula is C15H19ClN2OS. The highest BCUT2D eigenvalue weighted by Gasteiger charge is 2.37. The van der Waals surface area contributed by atoms with Gasteiger partial charge >= 0.3 is 0 Å². The van der Waals surface area contributed by atoms with E-state index in [1.807, 2.05) is 24.3 Å². The highest BCUT2D eigenvalue weighted by Crippen LogP contribution is 2.29. The molecule has 1 amide bonds. The summed E-state index contributed by atoms with van der Waals surface area (Å²) >= 11 is 7.47. The fraction of sp³-hybridized carbons (Fsp3) is 0.533. The molecule has 2 atom stereocenters. The SMILES string of the molecule is O=C(CSc1ccc(Cl)cc1)N1C2CCNCC1CC2. The summed E-state index contributed by atoms with van der Waals surface area (Å²) in [6.07, 6.45) is 3.41. The van der Waals surface area contributed by atoms with Crippen molar-refractivity contribution in [2.75, 3.05) is 18.8 Å². The molecule has 0 radical (unpaired) electrons. The third-order valence-electron chi connectivity index (χ3n) is 4.12. The molecule has 20 heavy (non-hydrogen) atoms. The van der Waals surface area contributed by atoms with Gasteiger partial charge in [0.25, 0.3) is 0 Å². The van der Waals surface area contributed by atoms with E-state index in [9.17, 15) is 4.79 Å². The molecule has 3 nitrogen and oxygen atoms in total. The van der Waals surface area contributed by atoms with E-state index < -0.39 is 0 Å². The van der Waals surface area contributed by atoms with Crippen LogP contribution in [0.3, 0.4) is 0 Å². The van der Waals surface area contributed by atoms with Crippen molar-refractivity contribution in [3.05, 3.63) is 29.3 Å². The number of hydrogen-bond donors (Lipinski definition) is 1. The molecule has 0 spiro atoms. The smallest absolute Gasteiger partial charge is 0.233 e. The van der Waals surface area contributed by atoms with Gasteiger partial charge in [-0.2, -0.15) is 0 Å². The zero-order valence-corrected chi connectivity index (χ0v) is 12.9. The number of nitrogens with one attached hydrogen (secondary N) is 1. The van der Waals surface area contributed by atoms with Crippen LogP contribution in [-0.2, 0) is 4.79 Å². The van der Waals surface area contributed by atoms with Crippen LogP contribution >= 0.6 is 23.4 Å². The minimum Gasteiger partial charge on any atom is -0.335 e. The van der Waals surface area contributed by atoms with E-state index in [0.717, 1.165) is 35.8 Å². The average Bonchev–Trinajstić information content (AvgIpc) is 2.71. The van der Waals surface area contributed by atoms with E-state index in [1.165, 1.54) is 6.42 Å². The Morgan fingerprint density at radius 2 is 2.00 bits per heavy atom. The number of carbonyl (C=O) groups is 1. The second-order valence-electron chi connectivity index (χ2n) is 5.42. The van der Waals surface area contributed by atoms with Crippen LogP contribution in [-0.4, -0.2) is 41.7 Å². The molecule has 2 heterocycles. The Hall–Kier alpha value is -0.710. The van der Waals surface area contributed by atoms with Crippen molar-refractivity contribution < 1.29 is 4.79 Å². The van der Waals surface area contributed by atoms with Crippen molar-refractivity contribution in [2.45, 2.75) is 36.2 Å². The summed E-state index contributed by atoms with van der Waals surface area (Å²) in [5, 5.41) is 4.16. The number of carbonyl (C=O) groups excluding carboxylic acids is 1. The van der Waals surface area contributed by atoms with E-state index in [4.69, 9.17) is 11.6 Å². The summed E-state index contributed by atoms with van der Waals surface area (Å²) in [4.78, 5) is 15.7.